The second kappa shape index (κ2) is 5.39. The second-order valence-electron chi connectivity index (χ2n) is 3.90. The fourth-order valence-electron chi connectivity index (χ4n) is 1.63. The molecule has 2 aromatic rings. The van der Waals surface area contributed by atoms with Crippen molar-refractivity contribution < 1.29 is 0 Å². The zero-order chi connectivity index (χ0) is 12.1. The number of hydrogen-bond acceptors (Lipinski definition) is 2. The first-order valence-electron chi connectivity index (χ1n) is 5.65. The average Bonchev–Trinajstić information content (AvgIpc) is 2.38. The summed E-state index contributed by atoms with van der Waals surface area (Å²) in [5.41, 5.74) is 4.21. The van der Waals surface area contributed by atoms with Crippen molar-refractivity contribution in [2.75, 3.05) is 0 Å². The molecule has 0 aromatic heterocycles. The van der Waals surface area contributed by atoms with Crippen molar-refractivity contribution >= 4 is 11.4 Å². The van der Waals surface area contributed by atoms with Crippen molar-refractivity contribution in [3.63, 3.8) is 0 Å². The van der Waals surface area contributed by atoms with Gasteiger partial charge in [-0.05, 0) is 55.7 Å². The van der Waals surface area contributed by atoms with E-state index in [1.807, 2.05) is 42.5 Å². The molecule has 0 bridgehead atoms. The van der Waals surface area contributed by atoms with Gasteiger partial charge in [-0.25, -0.2) is 0 Å². The van der Waals surface area contributed by atoms with Crippen LogP contribution in [0.2, 0.25) is 0 Å². The van der Waals surface area contributed by atoms with Gasteiger partial charge in [-0.1, -0.05) is 24.3 Å². The Morgan fingerprint density at radius 1 is 0.941 bits per heavy atom. The number of rotatable bonds is 3. The first-order chi connectivity index (χ1) is 8.29. The maximum absolute atomic E-state index is 4.22. The third kappa shape index (κ3) is 3.00. The van der Waals surface area contributed by atoms with E-state index in [1.165, 1.54) is 11.1 Å². The molecule has 1 radical (unpaired) electrons. The Morgan fingerprint density at radius 2 is 1.65 bits per heavy atom. The number of nitrogens with zero attached hydrogens (tertiary/aromatic N) is 2. The van der Waals surface area contributed by atoms with E-state index in [0.29, 0.717) is 0 Å². The van der Waals surface area contributed by atoms with Crippen LogP contribution in [0.1, 0.15) is 11.1 Å². The molecule has 17 heavy (non-hydrogen) atoms. The highest BCUT2D eigenvalue weighted by Crippen LogP contribution is 2.21. The lowest BCUT2D eigenvalue weighted by atomic mass is 10.1. The van der Waals surface area contributed by atoms with Crippen molar-refractivity contribution in [2.45, 2.75) is 13.3 Å². The summed E-state index contributed by atoms with van der Waals surface area (Å²) in [5.74, 6) is 0. The largest absolute Gasteiger partial charge is 0.151 e. The molecule has 0 fully saturated rings. The summed E-state index contributed by atoms with van der Waals surface area (Å²) >= 11 is 0. The van der Waals surface area contributed by atoms with Gasteiger partial charge in [-0.3, -0.25) is 0 Å². The number of azo groups is 1. The molecule has 0 heterocycles. The Morgan fingerprint density at radius 3 is 2.29 bits per heavy atom. The fraction of sp³-hybridized carbons (Fsp3) is 0.133. The van der Waals surface area contributed by atoms with Gasteiger partial charge in [0.15, 0.2) is 0 Å². The molecule has 0 atom stereocenters. The lowest BCUT2D eigenvalue weighted by Crippen LogP contribution is -1.84. The first-order valence-corrected chi connectivity index (χ1v) is 5.65. The van der Waals surface area contributed by atoms with Crippen molar-refractivity contribution in [2.24, 2.45) is 10.2 Å². The van der Waals surface area contributed by atoms with Gasteiger partial charge in [0.05, 0.1) is 11.4 Å². The van der Waals surface area contributed by atoms with E-state index in [9.17, 15) is 0 Å². The maximum atomic E-state index is 4.22. The smallest absolute Gasteiger partial charge is 0.0859 e. The van der Waals surface area contributed by atoms with E-state index in [1.54, 1.807) is 0 Å². The summed E-state index contributed by atoms with van der Waals surface area (Å²) in [6.07, 6.45) is 0.807. The Balaban J connectivity index is 2.19. The SMILES string of the molecule is [CH2]Cc1ccc(N=Nc2ccccc2)cc1C. The van der Waals surface area contributed by atoms with Crippen LogP contribution < -0.4 is 0 Å². The van der Waals surface area contributed by atoms with Gasteiger partial charge in [0, 0.05) is 0 Å². The van der Waals surface area contributed by atoms with Gasteiger partial charge >= 0.3 is 0 Å². The molecule has 0 unspecified atom stereocenters. The van der Waals surface area contributed by atoms with Crippen LogP contribution in [0.3, 0.4) is 0 Å². The molecule has 0 N–H and O–H groups in total. The van der Waals surface area contributed by atoms with E-state index in [-0.39, 0.29) is 0 Å². The van der Waals surface area contributed by atoms with Crippen molar-refractivity contribution in [1.82, 2.24) is 0 Å². The minimum absolute atomic E-state index is 0.807. The van der Waals surface area contributed by atoms with Crippen molar-refractivity contribution in [3.8, 4) is 0 Å². The lowest BCUT2D eigenvalue weighted by Gasteiger charge is -2.02. The third-order valence-electron chi connectivity index (χ3n) is 2.63. The van der Waals surface area contributed by atoms with Crippen LogP contribution in [0, 0.1) is 13.8 Å². The summed E-state index contributed by atoms with van der Waals surface area (Å²) in [6.45, 7) is 5.96. The number of aryl methyl sites for hydroxylation is 1. The predicted octanol–water partition coefficient (Wildman–Crippen LogP) is 4.79. The molecule has 0 saturated carbocycles. The van der Waals surface area contributed by atoms with E-state index >= 15 is 0 Å². The molecule has 2 heteroatoms. The molecule has 2 rings (SSSR count). The molecule has 2 nitrogen and oxygen atoms in total. The fourth-order valence-corrected chi connectivity index (χ4v) is 1.63. The Bertz CT molecular complexity index is 516. The molecule has 0 amide bonds. The van der Waals surface area contributed by atoms with Crippen LogP contribution in [-0.4, -0.2) is 0 Å². The zero-order valence-corrected chi connectivity index (χ0v) is 9.93. The van der Waals surface area contributed by atoms with Gasteiger partial charge in [0.2, 0.25) is 0 Å². The minimum atomic E-state index is 0.807. The highest BCUT2D eigenvalue weighted by molar-refractivity contribution is 5.44. The summed E-state index contributed by atoms with van der Waals surface area (Å²) in [6, 6.07) is 15.8. The second-order valence-corrected chi connectivity index (χ2v) is 3.90. The molecule has 0 aliphatic rings. The normalized spacial score (nSPS) is 10.9. The standard InChI is InChI=1S/C15H15N2/c1-3-13-9-10-15(11-12(13)2)17-16-14-7-5-4-6-8-14/h4-11H,1,3H2,2H3. The van der Waals surface area contributed by atoms with E-state index in [2.05, 4.69) is 30.1 Å². The highest BCUT2D eigenvalue weighted by Gasteiger charge is 1.97. The average molecular weight is 223 g/mol. The van der Waals surface area contributed by atoms with Gasteiger partial charge in [0.25, 0.3) is 0 Å². The lowest BCUT2D eigenvalue weighted by molar-refractivity contribution is 1.18. The van der Waals surface area contributed by atoms with Gasteiger partial charge in [-0.15, -0.1) is 0 Å². The first kappa shape index (κ1) is 11.5. The van der Waals surface area contributed by atoms with Gasteiger partial charge in [0.1, 0.15) is 0 Å². The van der Waals surface area contributed by atoms with Crippen LogP contribution in [0.4, 0.5) is 11.4 Å². The Labute approximate surface area is 102 Å². The topological polar surface area (TPSA) is 24.7 Å². The van der Waals surface area contributed by atoms with E-state index < -0.39 is 0 Å². The zero-order valence-electron chi connectivity index (χ0n) is 9.93. The van der Waals surface area contributed by atoms with Crippen LogP contribution in [0.5, 0.6) is 0 Å². The highest BCUT2D eigenvalue weighted by atomic mass is 15.1. The predicted molar refractivity (Wildman–Crippen MR) is 70.9 cm³/mol. The quantitative estimate of drug-likeness (QED) is 0.668. The van der Waals surface area contributed by atoms with E-state index in [4.69, 9.17) is 0 Å². The summed E-state index contributed by atoms with van der Waals surface area (Å²) < 4.78 is 0. The summed E-state index contributed by atoms with van der Waals surface area (Å²) in [7, 11) is 0. The van der Waals surface area contributed by atoms with Crippen LogP contribution in [0.15, 0.2) is 58.8 Å². The molecule has 85 valence electrons. The molecule has 0 aliphatic carbocycles. The monoisotopic (exact) mass is 223 g/mol. The van der Waals surface area contributed by atoms with Crippen LogP contribution in [-0.2, 0) is 6.42 Å². The van der Waals surface area contributed by atoms with Crippen molar-refractivity contribution in [3.05, 3.63) is 66.6 Å². The minimum Gasteiger partial charge on any atom is -0.151 e. The third-order valence-corrected chi connectivity index (χ3v) is 2.63. The molecular formula is C15H15N2. The number of hydrogen-bond donors (Lipinski definition) is 0. The van der Waals surface area contributed by atoms with Gasteiger partial charge in [-0.2, -0.15) is 10.2 Å². The maximum Gasteiger partial charge on any atom is 0.0859 e. The molecule has 0 spiro atoms. The summed E-state index contributed by atoms with van der Waals surface area (Å²) in [4.78, 5) is 0. The molecular weight excluding hydrogens is 208 g/mol. The Kier molecular flexibility index (Phi) is 3.66. The molecule has 0 saturated heterocycles. The van der Waals surface area contributed by atoms with Crippen LogP contribution >= 0.6 is 0 Å². The van der Waals surface area contributed by atoms with E-state index in [0.717, 1.165) is 17.8 Å². The van der Waals surface area contributed by atoms with Crippen molar-refractivity contribution in [1.29, 1.82) is 0 Å². The van der Waals surface area contributed by atoms with Crippen LogP contribution in [0.25, 0.3) is 0 Å². The molecule has 2 aromatic carbocycles. The molecule has 0 aliphatic heterocycles. The number of benzene rings is 2. The van der Waals surface area contributed by atoms with Gasteiger partial charge < -0.3 is 0 Å². The summed E-state index contributed by atoms with van der Waals surface area (Å²) in [5, 5.41) is 8.40. The Hall–Kier alpha value is -1.96.